The lowest BCUT2D eigenvalue weighted by Crippen LogP contribution is -2.40. The fraction of sp³-hybridized carbons (Fsp3) is 0.941. The third kappa shape index (κ3) is 6.35. The SMILES string of the molecule is CCCCOCCN1C(=O)C(CC(C)C)NC1CC(C)C. The van der Waals surface area contributed by atoms with Gasteiger partial charge >= 0.3 is 0 Å². The van der Waals surface area contributed by atoms with Crippen LogP contribution in [0.4, 0.5) is 0 Å². The van der Waals surface area contributed by atoms with Crippen molar-refractivity contribution >= 4 is 5.91 Å². The fourth-order valence-electron chi connectivity index (χ4n) is 2.81. The average molecular weight is 298 g/mol. The minimum atomic E-state index is -0.00982. The molecule has 0 aromatic rings. The van der Waals surface area contributed by atoms with Crippen LogP contribution in [0.5, 0.6) is 0 Å². The normalized spacial score (nSPS) is 22.8. The maximum absolute atomic E-state index is 12.6. The molecule has 1 N–H and O–H groups in total. The Bertz CT molecular complexity index is 305. The van der Waals surface area contributed by atoms with Gasteiger partial charge in [-0.1, -0.05) is 41.0 Å². The molecule has 1 saturated heterocycles. The van der Waals surface area contributed by atoms with E-state index in [0.717, 1.165) is 32.3 Å². The Morgan fingerprint density at radius 2 is 1.81 bits per heavy atom. The highest BCUT2D eigenvalue weighted by Gasteiger charge is 2.38. The molecule has 1 fully saturated rings. The number of hydrogen-bond donors (Lipinski definition) is 1. The lowest BCUT2D eigenvalue weighted by atomic mass is 10.0. The summed E-state index contributed by atoms with van der Waals surface area (Å²) in [6, 6.07) is -0.00982. The van der Waals surface area contributed by atoms with Gasteiger partial charge in [0.15, 0.2) is 0 Å². The first-order valence-electron chi connectivity index (χ1n) is 8.60. The zero-order valence-corrected chi connectivity index (χ0v) is 14.5. The predicted octanol–water partition coefficient (Wildman–Crippen LogP) is 3.02. The lowest BCUT2D eigenvalue weighted by molar-refractivity contribution is -0.131. The summed E-state index contributed by atoms with van der Waals surface area (Å²) in [5.74, 6) is 1.37. The van der Waals surface area contributed by atoms with Crippen molar-refractivity contribution in [3.63, 3.8) is 0 Å². The van der Waals surface area contributed by atoms with Gasteiger partial charge in [0.1, 0.15) is 0 Å². The van der Waals surface area contributed by atoms with Crippen molar-refractivity contribution in [2.75, 3.05) is 19.8 Å². The minimum absolute atomic E-state index is 0.00982. The lowest BCUT2D eigenvalue weighted by Gasteiger charge is -2.25. The van der Waals surface area contributed by atoms with E-state index in [1.807, 2.05) is 4.90 Å². The Kier molecular flexibility index (Phi) is 8.27. The molecule has 2 unspecified atom stereocenters. The maximum Gasteiger partial charge on any atom is 0.241 e. The quantitative estimate of drug-likeness (QED) is 0.630. The third-order valence-corrected chi connectivity index (χ3v) is 3.87. The van der Waals surface area contributed by atoms with E-state index >= 15 is 0 Å². The van der Waals surface area contributed by atoms with Crippen molar-refractivity contribution in [2.24, 2.45) is 11.8 Å². The van der Waals surface area contributed by atoms with Crippen LogP contribution >= 0.6 is 0 Å². The Morgan fingerprint density at radius 3 is 2.38 bits per heavy atom. The molecule has 1 aliphatic heterocycles. The Morgan fingerprint density at radius 1 is 1.14 bits per heavy atom. The summed E-state index contributed by atoms with van der Waals surface area (Å²) >= 11 is 0. The molecular formula is C17H34N2O2. The molecular weight excluding hydrogens is 264 g/mol. The summed E-state index contributed by atoms with van der Waals surface area (Å²) in [6.07, 6.45) is 4.35. The highest BCUT2D eigenvalue weighted by atomic mass is 16.5. The van der Waals surface area contributed by atoms with E-state index in [1.54, 1.807) is 0 Å². The Labute approximate surface area is 130 Å². The molecule has 0 aromatic heterocycles. The van der Waals surface area contributed by atoms with Crippen LogP contribution in [-0.2, 0) is 9.53 Å². The van der Waals surface area contributed by atoms with Gasteiger partial charge in [0.25, 0.3) is 0 Å². The molecule has 4 nitrogen and oxygen atoms in total. The summed E-state index contributed by atoms with van der Waals surface area (Å²) in [4.78, 5) is 14.6. The molecule has 0 bridgehead atoms. The fourth-order valence-corrected chi connectivity index (χ4v) is 2.81. The molecule has 0 aliphatic carbocycles. The van der Waals surface area contributed by atoms with Crippen molar-refractivity contribution < 1.29 is 9.53 Å². The second kappa shape index (κ2) is 9.42. The molecule has 1 amide bonds. The van der Waals surface area contributed by atoms with Crippen molar-refractivity contribution in [1.82, 2.24) is 10.2 Å². The molecule has 124 valence electrons. The molecule has 0 aromatic carbocycles. The molecule has 21 heavy (non-hydrogen) atoms. The largest absolute Gasteiger partial charge is 0.380 e. The second-order valence-corrected chi connectivity index (χ2v) is 6.99. The van der Waals surface area contributed by atoms with Gasteiger partial charge in [0.05, 0.1) is 18.8 Å². The van der Waals surface area contributed by atoms with E-state index in [-0.39, 0.29) is 18.1 Å². The van der Waals surface area contributed by atoms with Gasteiger partial charge in [-0.3, -0.25) is 10.1 Å². The summed E-state index contributed by atoms with van der Waals surface area (Å²) in [6.45, 7) is 13.1. The number of ether oxygens (including phenoxy) is 1. The Hall–Kier alpha value is -0.610. The summed E-state index contributed by atoms with van der Waals surface area (Å²) in [5.41, 5.74) is 0. The number of nitrogens with zero attached hydrogens (tertiary/aromatic N) is 1. The molecule has 1 aliphatic rings. The smallest absolute Gasteiger partial charge is 0.241 e. The third-order valence-electron chi connectivity index (χ3n) is 3.87. The first kappa shape index (κ1) is 18.4. The number of unbranched alkanes of at least 4 members (excludes halogenated alkanes) is 1. The molecule has 1 heterocycles. The van der Waals surface area contributed by atoms with E-state index in [0.29, 0.717) is 25.0 Å². The molecule has 1 rings (SSSR count). The van der Waals surface area contributed by atoms with Gasteiger partial charge in [0, 0.05) is 13.2 Å². The summed E-state index contributed by atoms with van der Waals surface area (Å²) < 4.78 is 5.63. The van der Waals surface area contributed by atoms with Crippen molar-refractivity contribution in [1.29, 1.82) is 0 Å². The predicted molar refractivity (Wildman–Crippen MR) is 87.1 cm³/mol. The van der Waals surface area contributed by atoms with E-state index < -0.39 is 0 Å². The van der Waals surface area contributed by atoms with Crippen LogP contribution in [0.3, 0.4) is 0 Å². The molecule has 0 radical (unpaired) electrons. The number of nitrogens with one attached hydrogen (secondary N) is 1. The van der Waals surface area contributed by atoms with Gasteiger partial charge in [-0.15, -0.1) is 0 Å². The monoisotopic (exact) mass is 298 g/mol. The van der Waals surface area contributed by atoms with Crippen molar-refractivity contribution in [2.45, 2.75) is 72.5 Å². The van der Waals surface area contributed by atoms with Crippen LogP contribution < -0.4 is 5.32 Å². The minimum Gasteiger partial charge on any atom is -0.380 e. The molecule has 0 spiro atoms. The van der Waals surface area contributed by atoms with Gasteiger partial charge in [-0.2, -0.15) is 0 Å². The highest BCUT2D eigenvalue weighted by molar-refractivity contribution is 5.84. The summed E-state index contributed by atoms with van der Waals surface area (Å²) in [5, 5.41) is 3.53. The molecule has 2 atom stereocenters. The molecule has 0 saturated carbocycles. The van der Waals surface area contributed by atoms with Gasteiger partial charge in [0.2, 0.25) is 5.91 Å². The van der Waals surface area contributed by atoms with Crippen LogP contribution in [-0.4, -0.2) is 42.8 Å². The number of hydrogen-bond acceptors (Lipinski definition) is 3. The highest BCUT2D eigenvalue weighted by Crippen LogP contribution is 2.21. The van der Waals surface area contributed by atoms with Gasteiger partial charge < -0.3 is 9.64 Å². The second-order valence-electron chi connectivity index (χ2n) is 6.99. The van der Waals surface area contributed by atoms with Crippen LogP contribution in [0.1, 0.15) is 60.3 Å². The summed E-state index contributed by atoms with van der Waals surface area (Å²) in [7, 11) is 0. The Balaban J connectivity index is 2.51. The van der Waals surface area contributed by atoms with Crippen LogP contribution in [0, 0.1) is 11.8 Å². The average Bonchev–Trinajstić information content (AvgIpc) is 2.65. The topological polar surface area (TPSA) is 41.6 Å². The maximum atomic E-state index is 12.6. The number of carbonyl (C=O) groups is 1. The van der Waals surface area contributed by atoms with Crippen LogP contribution in [0.15, 0.2) is 0 Å². The van der Waals surface area contributed by atoms with Crippen LogP contribution in [0.25, 0.3) is 0 Å². The van der Waals surface area contributed by atoms with Gasteiger partial charge in [-0.25, -0.2) is 0 Å². The van der Waals surface area contributed by atoms with E-state index in [2.05, 4.69) is 39.9 Å². The first-order valence-corrected chi connectivity index (χ1v) is 8.60. The molecule has 4 heteroatoms. The van der Waals surface area contributed by atoms with Crippen molar-refractivity contribution in [3.05, 3.63) is 0 Å². The number of amides is 1. The number of carbonyl (C=O) groups excluding carboxylic acids is 1. The zero-order valence-electron chi connectivity index (χ0n) is 14.5. The number of rotatable bonds is 10. The van der Waals surface area contributed by atoms with E-state index in [4.69, 9.17) is 4.74 Å². The first-order chi connectivity index (χ1) is 9.95. The van der Waals surface area contributed by atoms with E-state index in [9.17, 15) is 4.79 Å². The van der Waals surface area contributed by atoms with Crippen LogP contribution in [0.2, 0.25) is 0 Å². The van der Waals surface area contributed by atoms with Crippen molar-refractivity contribution in [3.8, 4) is 0 Å². The standard InChI is InChI=1S/C17H34N2O2/c1-6-7-9-21-10-8-19-16(12-14(4)5)18-15(17(19)20)11-13(2)3/h13-16,18H,6-12H2,1-5H3. The van der Waals surface area contributed by atoms with E-state index in [1.165, 1.54) is 0 Å². The zero-order chi connectivity index (χ0) is 15.8. The van der Waals surface area contributed by atoms with Gasteiger partial charge in [-0.05, 0) is 31.1 Å².